The van der Waals surface area contributed by atoms with Crippen molar-refractivity contribution in [3.8, 4) is 0 Å². The molecule has 7 heteroatoms. The maximum Gasteiger partial charge on any atom is 0.410 e. The molecule has 0 radical (unpaired) electrons. The van der Waals surface area contributed by atoms with Gasteiger partial charge in [-0.2, -0.15) is 5.10 Å². The summed E-state index contributed by atoms with van der Waals surface area (Å²) in [5.41, 5.74) is 0.939. The van der Waals surface area contributed by atoms with E-state index in [9.17, 15) is 9.90 Å². The molecule has 1 saturated heterocycles. The van der Waals surface area contributed by atoms with E-state index in [4.69, 9.17) is 4.74 Å². The number of aliphatic hydroxyl groups is 1. The number of carbonyl (C=O) groups is 1. The number of likely N-dealkylation sites (tertiary alicyclic amines) is 1. The standard InChI is InChI=1S/C15H20N4O3/c1-15(2,3)22-14(21)19-7-9(8-19)12(20)11-6-16-13-10(11)4-5-17-18-13/h4-6,9,12,20H,7-8H2,1-3H3,(H,16,18). The molecule has 0 spiro atoms. The molecule has 0 saturated carbocycles. The number of amides is 1. The maximum atomic E-state index is 11.9. The van der Waals surface area contributed by atoms with Crippen molar-refractivity contribution in [1.82, 2.24) is 20.1 Å². The van der Waals surface area contributed by atoms with Crippen molar-refractivity contribution in [2.75, 3.05) is 13.1 Å². The lowest BCUT2D eigenvalue weighted by Crippen LogP contribution is -2.53. The molecular weight excluding hydrogens is 284 g/mol. The normalized spacial score (nSPS) is 17.4. The minimum atomic E-state index is -0.642. The summed E-state index contributed by atoms with van der Waals surface area (Å²) in [5, 5.41) is 19.1. The van der Waals surface area contributed by atoms with E-state index >= 15 is 0 Å². The summed E-state index contributed by atoms with van der Waals surface area (Å²) in [7, 11) is 0. The number of aliphatic hydroxyl groups excluding tert-OH is 1. The highest BCUT2D eigenvalue weighted by Crippen LogP contribution is 2.33. The van der Waals surface area contributed by atoms with E-state index in [1.807, 2.05) is 26.8 Å². The number of ether oxygens (including phenoxy) is 1. The van der Waals surface area contributed by atoms with E-state index < -0.39 is 11.7 Å². The number of hydrogen-bond donors (Lipinski definition) is 2. The molecular formula is C15H20N4O3. The highest BCUT2D eigenvalue weighted by Gasteiger charge is 2.38. The quantitative estimate of drug-likeness (QED) is 0.883. The predicted molar refractivity (Wildman–Crippen MR) is 80.1 cm³/mol. The Bertz CT molecular complexity index is 685. The fourth-order valence-corrected chi connectivity index (χ4v) is 2.58. The lowest BCUT2D eigenvalue weighted by molar-refractivity contribution is -0.0310. The van der Waals surface area contributed by atoms with Crippen molar-refractivity contribution in [2.45, 2.75) is 32.5 Å². The third-order valence-electron chi connectivity index (χ3n) is 3.72. The van der Waals surface area contributed by atoms with Crippen molar-refractivity contribution in [1.29, 1.82) is 0 Å². The van der Waals surface area contributed by atoms with Crippen LogP contribution in [0.25, 0.3) is 11.0 Å². The van der Waals surface area contributed by atoms with Gasteiger partial charge in [0.25, 0.3) is 0 Å². The van der Waals surface area contributed by atoms with Crippen LogP contribution in [-0.4, -0.2) is 50.0 Å². The molecule has 0 aromatic carbocycles. The Morgan fingerprint density at radius 2 is 2.23 bits per heavy atom. The fourth-order valence-electron chi connectivity index (χ4n) is 2.58. The maximum absolute atomic E-state index is 11.9. The van der Waals surface area contributed by atoms with Gasteiger partial charge in [-0.3, -0.25) is 0 Å². The Hall–Kier alpha value is -2.15. The first-order valence-electron chi connectivity index (χ1n) is 7.30. The van der Waals surface area contributed by atoms with Gasteiger partial charge in [0.05, 0.1) is 12.3 Å². The zero-order valence-electron chi connectivity index (χ0n) is 12.9. The van der Waals surface area contributed by atoms with E-state index in [0.717, 1.165) is 10.9 Å². The number of rotatable bonds is 2. The number of nitrogens with zero attached hydrogens (tertiary/aromatic N) is 3. The van der Waals surface area contributed by atoms with Crippen molar-refractivity contribution < 1.29 is 14.6 Å². The van der Waals surface area contributed by atoms with Gasteiger partial charge in [-0.25, -0.2) is 4.79 Å². The molecule has 0 bridgehead atoms. The summed E-state index contributed by atoms with van der Waals surface area (Å²) >= 11 is 0. The third-order valence-corrected chi connectivity index (χ3v) is 3.72. The van der Waals surface area contributed by atoms with Gasteiger partial charge >= 0.3 is 6.09 Å². The Kier molecular flexibility index (Phi) is 3.52. The predicted octanol–water partition coefficient (Wildman–Crippen LogP) is 1.86. The summed E-state index contributed by atoms with van der Waals surface area (Å²) in [6.45, 7) is 6.49. The minimum absolute atomic E-state index is 0.000293. The van der Waals surface area contributed by atoms with Crippen LogP contribution in [0.2, 0.25) is 0 Å². The molecule has 2 N–H and O–H groups in total. The minimum Gasteiger partial charge on any atom is -0.444 e. The molecule has 1 unspecified atom stereocenters. The lowest BCUT2D eigenvalue weighted by Gasteiger charge is -2.41. The van der Waals surface area contributed by atoms with Crippen LogP contribution in [0.5, 0.6) is 0 Å². The van der Waals surface area contributed by atoms with Crippen LogP contribution < -0.4 is 0 Å². The van der Waals surface area contributed by atoms with Gasteiger partial charge in [0.2, 0.25) is 0 Å². The van der Waals surface area contributed by atoms with Crippen LogP contribution in [0.1, 0.15) is 32.4 Å². The Morgan fingerprint density at radius 3 is 2.91 bits per heavy atom. The molecule has 1 aliphatic rings. The summed E-state index contributed by atoms with van der Waals surface area (Å²) in [4.78, 5) is 16.5. The van der Waals surface area contributed by atoms with Gasteiger partial charge < -0.3 is 19.7 Å². The molecule has 1 amide bonds. The van der Waals surface area contributed by atoms with Gasteiger partial charge in [0, 0.05) is 36.2 Å². The van der Waals surface area contributed by atoms with Crippen LogP contribution in [0, 0.1) is 5.92 Å². The number of nitrogens with one attached hydrogen (secondary N) is 1. The van der Waals surface area contributed by atoms with Gasteiger partial charge in [-0.1, -0.05) is 0 Å². The second-order valence-corrected chi connectivity index (χ2v) is 6.63. The van der Waals surface area contributed by atoms with E-state index in [0.29, 0.717) is 18.7 Å². The van der Waals surface area contributed by atoms with Crippen molar-refractivity contribution >= 4 is 17.1 Å². The van der Waals surface area contributed by atoms with Gasteiger partial charge in [0.15, 0.2) is 5.65 Å². The molecule has 3 rings (SSSR count). The average Bonchev–Trinajstić information content (AvgIpc) is 2.78. The Balaban J connectivity index is 1.64. The third kappa shape index (κ3) is 2.76. The Labute approximate surface area is 128 Å². The van der Waals surface area contributed by atoms with Crippen LogP contribution >= 0.6 is 0 Å². The molecule has 3 heterocycles. The summed E-state index contributed by atoms with van der Waals surface area (Å²) in [5.74, 6) is -0.000293. The topological polar surface area (TPSA) is 91.3 Å². The van der Waals surface area contributed by atoms with Gasteiger partial charge in [-0.15, -0.1) is 5.10 Å². The van der Waals surface area contributed by atoms with E-state index in [1.54, 1.807) is 17.3 Å². The van der Waals surface area contributed by atoms with E-state index in [1.165, 1.54) is 0 Å². The fraction of sp³-hybridized carbons (Fsp3) is 0.533. The average molecular weight is 304 g/mol. The number of carbonyl (C=O) groups excluding carboxylic acids is 1. The van der Waals surface area contributed by atoms with Crippen molar-refractivity contribution in [2.24, 2.45) is 5.92 Å². The highest BCUT2D eigenvalue weighted by atomic mass is 16.6. The summed E-state index contributed by atoms with van der Waals surface area (Å²) in [6, 6.07) is 1.82. The molecule has 22 heavy (non-hydrogen) atoms. The second-order valence-electron chi connectivity index (χ2n) is 6.63. The molecule has 1 atom stereocenters. The number of aromatic amines is 1. The van der Waals surface area contributed by atoms with Gasteiger partial charge in [-0.05, 0) is 26.8 Å². The molecule has 2 aromatic rings. The lowest BCUT2D eigenvalue weighted by atomic mass is 9.89. The first-order chi connectivity index (χ1) is 10.3. The summed E-state index contributed by atoms with van der Waals surface area (Å²) in [6.07, 6.45) is 2.37. The molecule has 2 aromatic heterocycles. The first-order valence-corrected chi connectivity index (χ1v) is 7.30. The SMILES string of the molecule is CC(C)(C)OC(=O)N1CC(C(O)c2c[nH]c3nnccc23)C1. The van der Waals surface area contributed by atoms with E-state index in [-0.39, 0.29) is 12.0 Å². The largest absolute Gasteiger partial charge is 0.444 e. The van der Waals surface area contributed by atoms with Crippen molar-refractivity contribution in [3.63, 3.8) is 0 Å². The zero-order valence-corrected chi connectivity index (χ0v) is 12.9. The zero-order chi connectivity index (χ0) is 15.9. The molecule has 7 nitrogen and oxygen atoms in total. The first kappa shape index (κ1) is 14.8. The van der Waals surface area contributed by atoms with Crippen LogP contribution in [0.4, 0.5) is 4.79 Å². The molecule has 1 fully saturated rings. The number of fused-ring (bicyclic) bond motifs is 1. The number of hydrogen-bond acceptors (Lipinski definition) is 5. The molecule has 1 aliphatic heterocycles. The van der Waals surface area contributed by atoms with Crippen LogP contribution in [-0.2, 0) is 4.74 Å². The molecule has 118 valence electrons. The van der Waals surface area contributed by atoms with Crippen molar-refractivity contribution in [3.05, 3.63) is 24.0 Å². The number of H-pyrrole nitrogens is 1. The highest BCUT2D eigenvalue weighted by molar-refractivity contribution is 5.79. The van der Waals surface area contributed by atoms with Crippen LogP contribution in [0.3, 0.4) is 0 Å². The van der Waals surface area contributed by atoms with Crippen LogP contribution in [0.15, 0.2) is 18.5 Å². The van der Waals surface area contributed by atoms with E-state index in [2.05, 4.69) is 15.2 Å². The molecule has 0 aliphatic carbocycles. The Morgan fingerprint density at radius 1 is 1.50 bits per heavy atom. The smallest absolute Gasteiger partial charge is 0.410 e. The van der Waals surface area contributed by atoms with Gasteiger partial charge in [0.1, 0.15) is 5.60 Å². The number of aromatic nitrogens is 3. The monoisotopic (exact) mass is 304 g/mol. The second kappa shape index (κ2) is 5.24. The summed E-state index contributed by atoms with van der Waals surface area (Å²) < 4.78 is 5.31.